The van der Waals surface area contributed by atoms with Crippen molar-refractivity contribution in [3.63, 3.8) is 0 Å². The number of benzene rings is 1. The minimum absolute atomic E-state index is 0.0819. The van der Waals surface area contributed by atoms with Crippen LogP contribution in [0.1, 0.15) is 6.92 Å². The first kappa shape index (κ1) is 21.2. The van der Waals surface area contributed by atoms with Crippen LogP contribution >= 0.6 is 11.3 Å². The van der Waals surface area contributed by atoms with Gasteiger partial charge in [-0.2, -0.15) is 0 Å². The highest BCUT2D eigenvalue weighted by atomic mass is 32.2. The van der Waals surface area contributed by atoms with E-state index in [1.165, 1.54) is 36.0 Å². The van der Waals surface area contributed by atoms with Crippen molar-refractivity contribution in [3.05, 3.63) is 42.2 Å². The number of carbonyl (C=O) groups excluding carboxylic acids is 1. The van der Waals surface area contributed by atoms with Crippen LogP contribution in [0.2, 0.25) is 0 Å². The third-order valence-electron chi connectivity index (χ3n) is 5.22. The summed E-state index contributed by atoms with van der Waals surface area (Å²) in [6.07, 6.45) is 2.99. The first-order valence-electron chi connectivity index (χ1n) is 10.1. The van der Waals surface area contributed by atoms with Crippen molar-refractivity contribution >= 4 is 55.1 Å². The maximum absolute atomic E-state index is 12.6. The number of sulfonamides is 1. The maximum atomic E-state index is 12.6. The van der Waals surface area contributed by atoms with Crippen LogP contribution < -0.4 is 14.9 Å². The molecule has 2 N–H and O–H groups in total. The predicted molar refractivity (Wildman–Crippen MR) is 122 cm³/mol. The second kappa shape index (κ2) is 8.37. The number of carbonyl (C=O) groups is 1. The third-order valence-corrected chi connectivity index (χ3v) is 7.39. The molecule has 0 aliphatic carbocycles. The average molecular weight is 486 g/mol. The molecule has 0 bridgehead atoms. The Morgan fingerprint density at radius 1 is 1.18 bits per heavy atom. The number of hydrogen-bond donors (Lipinski definition) is 2. The van der Waals surface area contributed by atoms with E-state index < -0.39 is 10.0 Å². The topological polar surface area (TPSA) is 148 Å². The van der Waals surface area contributed by atoms with Gasteiger partial charge in [-0.15, -0.1) is 16.4 Å². The first-order valence-corrected chi connectivity index (χ1v) is 12.4. The molecule has 4 aromatic rings. The number of rotatable bonds is 7. The number of nitrogens with zero attached hydrogens (tertiary/aromatic N) is 7. The highest BCUT2D eigenvalue weighted by molar-refractivity contribution is 7.93. The SMILES string of the molecule is CCn1nnc2c(N3CC(C(=O)Nc4ccc(S(=O)(=O)Nc5nccs5)cc4)C3)ncnc21. The van der Waals surface area contributed by atoms with Crippen LogP contribution in [-0.4, -0.2) is 57.4 Å². The summed E-state index contributed by atoms with van der Waals surface area (Å²) in [6.45, 7) is 3.58. The van der Waals surface area contributed by atoms with Crippen LogP contribution in [-0.2, 0) is 21.4 Å². The van der Waals surface area contributed by atoms with Gasteiger partial charge in [-0.25, -0.2) is 28.1 Å². The van der Waals surface area contributed by atoms with Crippen LogP contribution in [0.4, 0.5) is 16.6 Å². The summed E-state index contributed by atoms with van der Waals surface area (Å²) < 4.78 is 29.0. The van der Waals surface area contributed by atoms with Crippen molar-refractivity contribution in [1.29, 1.82) is 0 Å². The fourth-order valence-electron chi connectivity index (χ4n) is 3.45. The molecule has 0 radical (unpaired) electrons. The van der Waals surface area contributed by atoms with E-state index in [1.807, 2.05) is 11.8 Å². The van der Waals surface area contributed by atoms with Gasteiger partial charge in [0, 0.05) is 36.9 Å². The van der Waals surface area contributed by atoms with Crippen molar-refractivity contribution in [1.82, 2.24) is 29.9 Å². The second-order valence-corrected chi connectivity index (χ2v) is 9.91. The molecule has 0 unspecified atom stereocenters. The Bertz CT molecular complexity index is 1400. The largest absolute Gasteiger partial charge is 0.353 e. The molecule has 12 nitrogen and oxygen atoms in total. The highest BCUT2D eigenvalue weighted by Crippen LogP contribution is 2.28. The average Bonchev–Trinajstić information content (AvgIpc) is 3.42. The van der Waals surface area contributed by atoms with Crippen molar-refractivity contribution < 1.29 is 13.2 Å². The minimum atomic E-state index is -3.74. The van der Waals surface area contributed by atoms with Gasteiger partial charge in [0.25, 0.3) is 10.0 Å². The third kappa shape index (κ3) is 4.09. The fraction of sp³-hybridized carbons (Fsp3) is 0.263. The molecular weight excluding hydrogens is 466 g/mol. The van der Waals surface area contributed by atoms with Gasteiger partial charge >= 0.3 is 0 Å². The molecule has 1 fully saturated rings. The lowest BCUT2D eigenvalue weighted by Crippen LogP contribution is -2.52. The summed E-state index contributed by atoms with van der Waals surface area (Å²) >= 11 is 1.19. The lowest BCUT2D eigenvalue weighted by molar-refractivity contribution is -0.120. The monoisotopic (exact) mass is 485 g/mol. The zero-order chi connectivity index (χ0) is 23.0. The number of fused-ring (bicyclic) bond motifs is 1. The molecule has 170 valence electrons. The molecule has 1 saturated heterocycles. The molecule has 0 atom stereocenters. The molecule has 1 aliphatic rings. The van der Waals surface area contributed by atoms with Crippen LogP contribution in [0.3, 0.4) is 0 Å². The molecule has 0 saturated carbocycles. The van der Waals surface area contributed by atoms with E-state index in [9.17, 15) is 13.2 Å². The molecule has 14 heteroatoms. The van der Waals surface area contributed by atoms with E-state index >= 15 is 0 Å². The molecule has 1 amide bonds. The summed E-state index contributed by atoms with van der Waals surface area (Å²) in [5.41, 5.74) is 1.79. The summed E-state index contributed by atoms with van der Waals surface area (Å²) in [6, 6.07) is 5.99. The van der Waals surface area contributed by atoms with Crippen molar-refractivity contribution in [2.75, 3.05) is 28.0 Å². The first-order chi connectivity index (χ1) is 15.9. The molecule has 0 spiro atoms. The normalized spacial score (nSPS) is 14.3. The summed E-state index contributed by atoms with van der Waals surface area (Å²) in [5, 5.41) is 13.1. The molecule has 3 aromatic heterocycles. The van der Waals surface area contributed by atoms with Crippen LogP contribution in [0, 0.1) is 5.92 Å². The smallest absolute Gasteiger partial charge is 0.263 e. The summed E-state index contributed by atoms with van der Waals surface area (Å²) in [5.74, 6) is 0.280. The predicted octanol–water partition coefficient (Wildman–Crippen LogP) is 1.57. The Balaban J connectivity index is 1.21. The van der Waals surface area contributed by atoms with E-state index in [4.69, 9.17) is 0 Å². The van der Waals surface area contributed by atoms with E-state index in [2.05, 4.69) is 35.3 Å². The number of aryl methyl sites for hydroxylation is 1. The van der Waals surface area contributed by atoms with Gasteiger partial charge in [-0.1, -0.05) is 5.21 Å². The van der Waals surface area contributed by atoms with E-state index in [0.717, 1.165) is 0 Å². The molecule has 5 rings (SSSR count). The van der Waals surface area contributed by atoms with E-state index in [0.29, 0.717) is 47.4 Å². The van der Waals surface area contributed by atoms with Gasteiger partial charge in [0.1, 0.15) is 6.33 Å². The number of nitrogens with one attached hydrogen (secondary N) is 2. The lowest BCUT2D eigenvalue weighted by Gasteiger charge is -2.38. The Labute approximate surface area is 192 Å². The van der Waals surface area contributed by atoms with Gasteiger partial charge in [-0.3, -0.25) is 9.52 Å². The van der Waals surface area contributed by atoms with Crippen LogP contribution in [0.5, 0.6) is 0 Å². The number of anilines is 3. The van der Waals surface area contributed by atoms with E-state index in [1.54, 1.807) is 22.2 Å². The van der Waals surface area contributed by atoms with Gasteiger partial charge in [0.05, 0.1) is 10.8 Å². The number of hydrogen-bond acceptors (Lipinski definition) is 10. The number of aromatic nitrogens is 6. The van der Waals surface area contributed by atoms with Gasteiger partial charge in [0.2, 0.25) is 5.91 Å². The van der Waals surface area contributed by atoms with Crippen molar-refractivity contribution in [2.24, 2.45) is 5.92 Å². The van der Waals surface area contributed by atoms with Gasteiger partial charge in [-0.05, 0) is 31.2 Å². The zero-order valence-electron chi connectivity index (χ0n) is 17.4. The van der Waals surface area contributed by atoms with E-state index in [-0.39, 0.29) is 16.7 Å². The lowest BCUT2D eigenvalue weighted by atomic mass is 9.99. The molecular formula is C19H19N9O3S2. The zero-order valence-corrected chi connectivity index (χ0v) is 19.0. The second-order valence-electron chi connectivity index (χ2n) is 7.33. The minimum Gasteiger partial charge on any atom is -0.353 e. The number of thiazole rings is 1. The molecule has 1 aliphatic heterocycles. The molecule has 1 aromatic carbocycles. The maximum Gasteiger partial charge on any atom is 0.263 e. The number of amides is 1. The standard InChI is InChI=1S/C19H19N9O3S2/c1-2-28-17-15(24-26-28)16(21-11-22-17)27-9-12(10-27)18(29)23-13-3-5-14(6-4-13)33(30,31)25-19-20-7-8-32-19/h3-8,11-12H,2,9-10H2,1H3,(H,20,25)(H,23,29). The molecule has 4 heterocycles. The molecule has 33 heavy (non-hydrogen) atoms. The van der Waals surface area contributed by atoms with Crippen molar-refractivity contribution in [2.45, 2.75) is 18.4 Å². The van der Waals surface area contributed by atoms with Crippen LogP contribution in [0.25, 0.3) is 11.2 Å². The summed E-state index contributed by atoms with van der Waals surface area (Å²) in [7, 11) is -3.74. The van der Waals surface area contributed by atoms with Gasteiger partial charge < -0.3 is 10.2 Å². The highest BCUT2D eigenvalue weighted by Gasteiger charge is 2.35. The quantitative estimate of drug-likeness (QED) is 0.398. The fourth-order valence-corrected chi connectivity index (χ4v) is 5.24. The van der Waals surface area contributed by atoms with Gasteiger partial charge in [0.15, 0.2) is 22.1 Å². The Kier molecular flexibility index (Phi) is 5.38. The Morgan fingerprint density at radius 3 is 2.67 bits per heavy atom. The Morgan fingerprint density at radius 2 is 1.97 bits per heavy atom. The summed E-state index contributed by atoms with van der Waals surface area (Å²) in [4.78, 5) is 27.2. The van der Waals surface area contributed by atoms with Crippen LogP contribution in [0.15, 0.2) is 47.1 Å². The Hall–Kier alpha value is -3.65. The van der Waals surface area contributed by atoms with Crippen molar-refractivity contribution in [3.8, 4) is 0 Å².